The number of rotatable bonds is 15. The lowest BCUT2D eigenvalue weighted by Crippen LogP contribution is -2.09. The van der Waals surface area contributed by atoms with Gasteiger partial charge in [0.2, 0.25) is 0 Å². The molecule has 0 aliphatic carbocycles. The Morgan fingerprint density at radius 2 is 0.350 bits per heavy atom. The lowest BCUT2D eigenvalue weighted by atomic mass is 9.97. The molecule has 5 heterocycles. The fourth-order valence-corrected chi connectivity index (χ4v) is 20.0. The van der Waals surface area contributed by atoms with Crippen molar-refractivity contribution in [2.24, 2.45) is 0 Å². The molecule has 22 aromatic carbocycles. The molecule has 2 radical (unpaired) electrons. The Balaban J connectivity index is 0.000000113. The number of para-hydroxylation sites is 2. The van der Waals surface area contributed by atoms with Gasteiger partial charge in [-0.3, -0.25) is 0 Å². The Labute approximate surface area is 814 Å². The van der Waals surface area contributed by atoms with E-state index in [2.05, 4.69) is 521 Å². The summed E-state index contributed by atoms with van der Waals surface area (Å²) in [5, 5.41) is 11.2. The van der Waals surface area contributed by atoms with E-state index in [9.17, 15) is 0 Å². The number of benzene rings is 22. The highest BCUT2D eigenvalue weighted by molar-refractivity contribution is 7.49. The molecule has 6 nitrogen and oxygen atoms in total. The fourth-order valence-electron chi connectivity index (χ4n) is 20.0. The third-order valence-electron chi connectivity index (χ3n) is 26.9. The number of hydrogen-bond acceptors (Lipinski definition) is 5. The van der Waals surface area contributed by atoms with Gasteiger partial charge in [0, 0.05) is 82.7 Å². The molecule has 0 N–H and O–H groups in total. The molecular formula is C132H88BN2O4P. The summed E-state index contributed by atoms with van der Waals surface area (Å²) in [6.45, 7) is 0. The summed E-state index contributed by atoms with van der Waals surface area (Å²) in [5.41, 5.74) is 40.0. The number of hydrogen-bond donors (Lipinski definition) is 0. The molecule has 658 valence electrons. The number of furan rings is 4. The summed E-state index contributed by atoms with van der Waals surface area (Å²) in [7, 11) is 6.33. The zero-order valence-electron chi connectivity index (χ0n) is 76.3. The monoisotopic (exact) mass is 1810 g/mol. The van der Waals surface area contributed by atoms with Gasteiger partial charge in [-0.15, -0.1) is 0 Å². The highest BCUT2D eigenvalue weighted by Crippen LogP contribution is 2.46. The number of aromatic nitrogens is 1. The van der Waals surface area contributed by atoms with Gasteiger partial charge in [0.05, 0.1) is 18.6 Å². The predicted octanol–water partition coefficient (Wildman–Crippen LogP) is 37.5. The first-order valence-electron chi connectivity index (χ1n) is 47.3. The van der Waals surface area contributed by atoms with Crippen molar-refractivity contribution in [2.45, 2.75) is 0 Å². The van der Waals surface area contributed by atoms with E-state index in [0.717, 1.165) is 127 Å². The van der Waals surface area contributed by atoms with Crippen LogP contribution in [0, 0.1) is 0 Å². The molecule has 27 aromatic rings. The van der Waals surface area contributed by atoms with Crippen molar-refractivity contribution >= 4 is 143 Å². The number of fused-ring (bicyclic) bond motifs is 15. The van der Waals surface area contributed by atoms with Crippen molar-refractivity contribution in [1.82, 2.24) is 4.57 Å². The van der Waals surface area contributed by atoms with Crippen LogP contribution in [0.4, 0.5) is 17.1 Å². The van der Waals surface area contributed by atoms with E-state index in [0.29, 0.717) is 0 Å². The SMILES string of the molecule is [B]P.c1ccc(-c2ccc(N(c3ccc(-c4ccccc4)cc3)c3ccc(-c4ccc5c(c4)c4ccccc4n5-c4ccccc4)cc3)cc2)cc1.c1ccc(-c2cccc(-c3ccc4oc5cc6c(cc5c4c3)oc3ccc(-c4cccc(-c5ccccc5)c4)cc36)c2)cc1.c1ccc(-c2cccc(-c3ccc4oc5cc6oc7ccc(-c8cccc(-c9ccccc9)c8)cc7c6cc5c4c3)c2)cc1. The normalized spacial score (nSPS) is 11.3. The van der Waals surface area contributed by atoms with E-state index in [-0.39, 0.29) is 0 Å². The largest absolute Gasteiger partial charge is 0.456 e. The molecule has 0 aliphatic heterocycles. The van der Waals surface area contributed by atoms with Gasteiger partial charge in [0.15, 0.2) is 0 Å². The van der Waals surface area contributed by atoms with Crippen LogP contribution in [0.5, 0.6) is 0 Å². The molecule has 5 aromatic heterocycles. The van der Waals surface area contributed by atoms with E-state index in [1.54, 1.807) is 0 Å². The Hall–Kier alpha value is -17.9. The molecular weight excluding hydrogens is 1720 g/mol. The first-order chi connectivity index (χ1) is 69.3. The third-order valence-corrected chi connectivity index (χ3v) is 26.9. The van der Waals surface area contributed by atoms with Gasteiger partial charge in [0.25, 0.3) is 0 Å². The van der Waals surface area contributed by atoms with Crippen LogP contribution in [0.3, 0.4) is 0 Å². The maximum absolute atomic E-state index is 6.40. The standard InChI is InChI=1S/C48H34N2.2C42H26O2.BH2P/c1-4-12-35(13-5-1)37-20-27-42(28-21-37)49(43-29-22-38(23-30-43)36-14-6-2-7-15-36)44-31-24-39(25-32-44)40-26-33-48-46(34-40)45-18-10-11-19-47(45)50(48)41-16-8-3-9-17-41;1-3-9-27(10-4-1)29-13-7-15-31(21-29)33-17-19-39-35(23-33)37-25-42-38(26-41(37)43-39)36-24-34(18-20-40(36)44-42)32-16-8-14-30(22-32)28-11-5-2-6-12-28;1-3-9-27(10-4-1)29-13-7-15-31(21-29)33-17-19-39-35(23-33)37-25-38-36-24-34(18-20-40(36)44-42(38)26-41(37)43-39)32-16-8-14-30(22-32)28-11-5-2-6-12-28;1-2/h1-34H;2*1-26H;2H2. The second kappa shape index (κ2) is 37.4. The lowest BCUT2D eigenvalue weighted by molar-refractivity contribution is 0.656. The molecule has 0 amide bonds. The summed E-state index contributed by atoms with van der Waals surface area (Å²) >= 11 is 0. The van der Waals surface area contributed by atoms with Crippen molar-refractivity contribution in [1.29, 1.82) is 0 Å². The van der Waals surface area contributed by atoms with Crippen molar-refractivity contribution in [3.05, 3.63) is 522 Å². The van der Waals surface area contributed by atoms with Crippen LogP contribution in [-0.2, 0) is 0 Å². The first kappa shape index (κ1) is 85.1. The van der Waals surface area contributed by atoms with Crippen molar-refractivity contribution < 1.29 is 17.7 Å². The van der Waals surface area contributed by atoms with E-state index in [4.69, 9.17) is 17.7 Å². The Bertz CT molecular complexity index is 8770. The first-order valence-corrected chi connectivity index (χ1v) is 47.9. The maximum atomic E-state index is 6.40. The van der Waals surface area contributed by atoms with E-state index < -0.39 is 0 Å². The molecule has 1 atom stereocenters. The third kappa shape index (κ3) is 16.6. The van der Waals surface area contributed by atoms with Gasteiger partial charge in [-0.2, -0.15) is 9.12 Å². The van der Waals surface area contributed by atoms with Crippen LogP contribution in [0.2, 0.25) is 0 Å². The van der Waals surface area contributed by atoms with Crippen LogP contribution in [0.25, 0.3) is 238 Å². The predicted molar refractivity (Wildman–Crippen MR) is 593 cm³/mol. The molecule has 0 saturated heterocycles. The molecule has 140 heavy (non-hydrogen) atoms. The number of anilines is 3. The van der Waals surface area contributed by atoms with Crippen molar-refractivity contribution in [3.8, 4) is 128 Å². The highest BCUT2D eigenvalue weighted by Gasteiger charge is 2.22. The van der Waals surface area contributed by atoms with Gasteiger partial charge in [-0.1, -0.05) is 358 Å². The van der Waals surface area contributed by atoms with Crippen LogP contribution in [-0.4, -0.2) is 12.1 Å². The fraction of sp³-hybridized carbons (Fsp3) is 0. The van der Waals surface area contributed by atoms with Crippen LogP contribution in [0.15, 0.2) is 539 Å². The lowest BCUT2D eigenvalue weighted by Gasteiger charge is -2.26. The zero-order chi connectivity index (χ0) is 93.4. The van der Waals surface area contributed by atoms with Gasteiger partial charge < -0.3 is 27.1 Å². The van der Waals surface area contributed by atoms with Gasteiger partial charge in [-0.05, 0) is 280 Å². The Kier molecular flexibility index (Phi) is 22.7. The molecule has 27 rings (SSSR count). The van der Waals surface area contributed by atoms with Gasteiger partial charge >= 0.3 is 0 Å². The van der Waals surface area contributed by atoms with Crippen LogP contribution < -0.4 is 4.90 Å². The molecule has 0 fully saturated rings. The Morgan fingerprint density at radius 1 is 0.143 bits per heavy atom. The van der Waals surface area contributed by atoms with Crippen LogP contribution >= 0.6 is 9.12 Å². The molecule has 8 heteroatoms. The van der Waals surface area contributed by atoms with E-state index in [1.807, 2.05) is 27.3 Å². The summed E-state index contributed by atoms with van der Waals surface area (Å²) in [6.07, 6.45) is 0. The average Bonchev–Trinajstić information content (AvgIpc) is 1.58. The van der Waals surface area contributed by atoms with Crippen molar-refractivity contribution in [3.63, 3.8) is 0 Å². The summed E-state index contributed by atoms with van der Waals surface area (Å²) < 4.78 is 27.8. The van der Waals surface area contributed by atoms with Crippen LogP contribution in [0.1, 0.15) is 0 Å². The molecule has 0 saturated carbocycles. The molecule has 0 bridgehead atoms. The topological polar surface area (TPSA) is 60.7 Å². The maximum Gasteiger partial charge on any atom is 0.139 e. The summed E-state index contributed by atoms with van der Waals surface area (Å²) in [6, 6.07) is 185. The quantitative estimate of drug-likeness (QED) is 0.0756. The zero-order valence-corrected chi connectivity index (χ0v) is 77.5. The van der Waals surface area contributed by atoms with Crippen molar-refractivity contribution in [2.75, 3.05) is 4.90 Å². The van der Waals surface area contributed by atoms with E-state index in [1.165, 1.54) is 128 Å². The van der Waals surface area contributed by atoms with E-state index >= 15 is 0 Å². The average molecular weight is 1810 g/mol. The highest BCUT2D eigenvalue weighted by atomic mass is 31.0. The second-order valence-corrected chi connectivity index (χ2v) is 35.4. The summed E-state index contributed by atoms with van der Waals surface area (Å²) in [4.78, 5) is 2.34. The Morgan fingerprint density at radius 3 is 0.679 bits per heavy atom. The second-order valence-electron chi connectivity index (χ2n) is 35.4. The minimum Gasteiger partial charge on any atom is -0.456 e. The minimum atomic E-state index is 0.831. The van der Waals surface area contributed by atoms with Gasteiger partial charge in [-0.25, -0.2) is 0 Å². The smallest absolute Gasteiger partial charge is 0.139 e. The molecule has 0 spiro atoms. The molecule has 1 unspecified atom stereocenters. The summed E-state index contributed by atoms with van der Waals surface area (Å²) in [5.74, 6) is 0. The minimum absolute atomic E-state index is 0.831. The van der Waals surface area contributed by atoms with Gasteiger partial charge in [0.1, 0.15) is 44.7 Å². The molecule has 0 aliphatic rings. The number of nitrogens with zero attached hydrogens (tertiary/aromatic N) is 2.